The Hall–Kier alpha value is 3.27. The van der Waals surface area contributed by atoms with Gasteiger partial charge in [-0.15, -0.1) is 0 Å². The van der Waals surface area contributed by atoms with E-state index in [1.54, 1.807) is 0 Å². The molecule has 4 heteroatoms. The van der Waals surface area contributed by atoms with Crippen molar-refractivity contribution in [1.82, 2.24) is 0 Å². The molecule has 0 unspecified atom stereocenters. The van der Waals surface area contributed by atoms with Crippen LogP contribution in [0.25, 0.3) is 0 Å². The number of hydrogen-bond acceptors (Lipinski definition) is 1. The summed E-state index contributed by atoms with van der Waals surface area (Å²) in [5, 5.41) is 6.25. The summed E-state index contributed by atoms with van der Waals surface area (Å²) in [5.41, 5.74) is 0. The quantitative estimate of drug-likeness (QED) is 0.258. The summed E-state index contributed by atoms with van der Waals surface area (Å²) in [6.45, 7) is 4.75. The van der Waals surface area contributed by atoms with Gasteiger partial charge in [0.25, 0.3) is 0 Å². The molecule has 0 rings (SSSR count). The van der Waals surface area contributed by atoms with Gasteiger partial charge in [0.05, 0.1) is 0 Å². The zero-order valence-corrected chi connectivity index (χ0v) is 10.6. The Morgan fingerprint density at radius 3 is 1.00 bits per heavy atom. The smallest absolute Gasteiger partial charge is 0.512 e. The summed E-state index contributed by atoms with van der Waals surface area (Å²) in [6, 6.07) is 0. The molecule has 19 valence electrons. The van der Waals surface area contributed by atoms with Gasteiger partial charge in [-0.1, -0.05) is 0 Å². The van der Waals surface area contributed by atoms with Crippen LogP contribution in [0.3, 0.4) is 0 Å². The SMILES string of the molecule is [C-]#N.[Co].[K+].[K+]. The Balaban J connectivity index is -0.00000000167. The first-order valence-electron chi connectivity index (χ1n) is 0.224. The molecule has 1 nitrogen and oxygen atoms in total. The number of hydrogen-bond donors (Lipinski definition) is 0. The molecule has 0 heterocycles. The summed E-state index contributed by atoms with van der Waals surface area (Å²) in [4.78, 5) is 0. The van der Waals surface area contributed by atoms with Gasteiger partial charge < -0.3 is 11.8 Å². The van der Waals surface area contributed by atoms with E-state index in [1.807, 2.05) is 0 Å². The van der Waals surface area contributed by atoms with Gasteiger partial charge in [0.1, 0.15) is 0 Å². The first kappa shape index (κ1) is 24.0. The molecular weight excluding hydrogens is 163 g/mol. The predicted molar refractivity (Wildman–Crippen MR) is 4.97 cm³/mol. The third kappa shape index (κ3) is 18.9. The minimum Gasteiger partial charge on any atom is -0.512 e. The third-order valence-electron chi connectivity index (χ3n) is 0. The molecule has 0 aromatic heterocycles. The molecule has 0 saturated carbocycles. The molecular formula is CCoK2N+. The maximum absolute atomic E-state index is 6.25. The second kappa shape index (κ2) is 26.7. The molecule has 0 N–H and O–H groups in total. The van der Waals surface area contributed by atoms with E-state index < -0.39 is 0 Å². The van der Waals surface area contributed by atoms with Gasteiger partial charge in [-0.05, 0) is 0 Å². The van der Waals surface area contributed by atoms with Gasteiger partial charge in [0, 0.05) is 16.8 Å². The van der Waals surface area contributed by atoms with E-state index in [1.165, 1.54) is 0 Å². The van der Waals surface area contributed by atoms with Crippen molar-refractivity contribution in [2.75, 3.05) is 0 Å². The molecule has 0 aromatic carbocycles. The molecule has 0 spiro atoms. The summed E-state index contributed by atoms with van der Waals surface area (Å²) < 4.78 is 0. The fraction of sp³-hybridized carbons (Fsp3) is 0. The Labute approximate surface area is 127 Å². The maximum atomic E-state index is 6.25. The molecule has 0 aliphatic carbocycles. The van der Waals surface area contributed by atoms with Gasteiger partial charge in [-0.2, -0.15) is 0 Å². The van der Waals surface area contributed by atoms with Crippen LogP contribution in [0.15, 0.2) is 0 Å². The van der Waals surface area contributed by atoms with Crippen LogP contribution < -0.4 is 103 Å². The minimum absolute atomic E-state index is 0. The Morgan fingerprint density at radius 1 is 1.00 bits per heavy atom. The largest absolute Gasteiger partial charge is 1.00 e. The van der Waals surface area contributed by atoms with Gasteiger partial charge in [0.2, 0.25) is 0 Å². The molecule has 1 radical (unpaired) electrons. The number of rotatable bonds is 0. The van der Waals surface area contributed by atoms with Crippen molar-refractivity contribution in [3.63, 3.8) is 0 Å². The fourth-order valence-electron chi connectivity index (χ4n) is 0. The van der Waals surface area contributed by atoms with Crippen LogP contribution >= 0.6 is 0 Å². The average molecular weight is 163 g/mol. The maximum Gasteiger partial charge on any atom is 1.00 e. The summed E-state index contributed by atoms with van der Waals surface area (Å²) in [5.74, 6) is 0. The van der Waals surface area contributed by atoms with Crippen molar-refractivity contribution < 1.29 is 120 Å². The topological polar surface area (TPSA) is 23.8 Å². The monoisotopic (exact) mass is 163 g/mol. The summed E-state index contributed by atoms with van der Waals surface area (Å²) >= 11 is 0. The van der Waals surface area contributed by atoms with E-state index in [9.17, 15) is 0 Å². The van der Waals surface area contributed by atoms with Crippen LogP contribution in [0.5, 0.6) is 0 Å². The molecule has 0 amide bonds. The van der Waals surface area contributed by atoms with E-state index in [2.05, 4.69) is 0 Å². The van der Waals surface area contributed by atoms with E-state index in [-0.39, 0.29) is 120 Å². The fourth-order valence-corrected chi connectivity index (χ4v) is 0. The van der Waals surface area contributed by atoms with E-state index in [0.717, 1.165) is 0 Å². The summed E-state index contributed by atoms with van der Waals surface area (Å²) in [6.07, 6.45) is 0. The first-order valence-corrected chi connectivity index (χ1v) is 0.224. The van der Waals surface area contributed by atoms with Crippen molar-refractivity contribution in [3.8, 4) is 0 Å². The molecule has 0 bridgehead atoms. The van der Waals surface area contributed by atoms with Crippen molar-refractivity contribution in [3.05, 3.63) is 6.57 Å². The van der Waals surface area contributed by atoms with Gasteiger partial charge in [-0.25, -0.2) is 0 Å². The standard InChI is InChI=1S/CN.Co.2K/c1-2;;;/q-1;;2*+1. The van der Waals surface area contributed by atoms with Gasteiger partial charge in [0.15, 0.2) is 0 Å². The summed E-state index contributed by atoms with van der Waals surface area (Å²) in [7, 11) is 0. The van der Waals surface area contributed by atoms with Crippen molar-refractivity contribution >= 4 is 0 Å². The Bertz CT molecular complexity index is 14.4. The predicted octanol–water partition coefficient (Wildman–Crippen LogP) is -5.90. The molecule has 0 saturated heterocycles. The van der Waals surface area contributed by atoms with Crippen LogP contribution in [-0.2, 0) is 16.8 Å². The molecule has 0 fully saturated rings. The van der Waals surface area contributed by atoms with E-state index >= 15 is 0 Å². The van der Waals surface area contributed by atoms with Gasteiger partial charge in [-0.3, -0.25) is 0 Å². The average Bonchev–Trinajstić information content (AvgIpc) is 1.00. The molecule has 0 atom stereocenters. The Kier molecular flexibility index (Phi) is 128. The molecule has 0 aliphatic heterocycles. The molecule has 0 aliphatic rings. The molecule has 5 heavy (non-hydrogen) atoms. The van der Waals surface area contributed by atoms with Crippen LogP contribution in [0, 0.1) is 11.8 Å². The molecule has 0 aromatic rings. The van der Waals surface area contributed by atoms with Crippen molar-refractivity contribution in [2.45, 2.75) is 0 Å². The normalized spacial score (nSPS) is 0.400. The van der Waals surface area contributed by atoms with Crippen LogP contribution in [0.1, 0.15) is 0 Å². The van der Waals surface area contributed by atoms with Crippen molar-refractivity contribution in [1.29, 1.82) is 5.26 Å². The van der Waals surface area contributed by atoms with E-state index in [4.69, 9.17) is 11.8 Å². The van der Waals surface area contributed by atoms with Gasteiger partial charge >= 0.3 is 103 Å². The Morgan fingerprint density at radius 2 is 1.00 bits per heavy atom. The zero-order chi connectivity index (χ0) is 2.00. The first-order chi connectivity index (χ1) is 1.00. The zero-order valence-electron chi connectivity index (χ0n) is 3.28. The second-order valence-corrected chi connectivity index (χ2v) is 0. The third-order valence-corrected chi connectivity index (χ3v) is 0. The van der Waals surface area contributed by atoms with Crippen molar-refractivity contribution in [2.24, 2.45) is 0 Å². The number of nitrogens with zero attached hydrogens (tertiary/aromatic N) is 1. The van der Waals surface area contributed by atoms with Crippen LogP contribution in [0.2, 0.25) is 0 Å². The second-order valence-electron chi connectivity index (χ2n) is 0. The van der Waals surface area contributed by atoms with E-state index in [0.29, 0.717) is 0 Å². The van der Waals surface area contributed by atoms with Crippen LogP contribution in [0.4, 0.5) is 0 Å². The van der Waals surface area contributed by atoms with Crippen LogP contribution in [-0.4, -0.2) is 0 Å². The minimum atomic E-state index is 0.